The van der Waals surface area contributed by atoms with E-state index in [4.69, 9.17) is 9.84 Å². The van der Waals surface area contributed by atoms with E-state index >= 15 is 0 Å². The number of carbonyl (C=O) groups is 2. The molecule has 1 heterocycles. The van der Waals surface area contributed by atoms with Crippen LogP contribution in [0.3, 0.4) is 0 Å². The molecule has 1 aromatic carbocycles. The van der Waals surface area contributed by atoms with Gasteiger partial charge in [-0.05, 0) is 0 Å². The van der Waals surface area contributed by atoms with Gasteiger partial charge >= 0.3 is 12.0 Å². The Labute approximate surface area is 137 Å². The smallest absolute Gasteiger partial charge is 0.321 e. The van der Waals surface area contributed by atoms with Gasteiger partial charge in [0.2, 0.25) is 0 Å². The highest BCUT2D eigenvalue weighted by Gasteiger charge is 2.19. The number of rotatable bonds is 5. The largest absolute Gasteiger partial charge is 0.481 e. The first-order chi connectivity index (χ1) is 11.4. The molecule has 0 radical (unpaired) electrons. The summed E-state index contributed by atoms with van der Waals surface area (Å²) in [7, 11) is 1.37. The number of urea groups is 1. The molecule has 2 amide bonds. The van der Waals surface area contributed by atoms with Crippen molar-refractivity contribution in [1.82, 2.24) is 4.90 Å². The number of anilines is 2. The minimum atomic E-state index is -1.05. The van der Waals surface area contributed by atoms with Crippen LogP contribution in [0, 0.1) is 11.6 Å². The lowest BCUT2D eigenvalue weighted by molar-refractivity contribution is -0.137. The van der Waals surface area contributed by atoms with Gasteiger partial charge in [0, 0.05) is 38.8 Å². The maximum Gasteiger partial charge on any atom is 0.321 e. The van der Waals surface area contributed by atoms with Gasteiger partial charge in [-0.2, -0.15) is 0 Å². The van der Waals surface area contributed by atoms with Crippen LogP contribution >= 0.6 is 0 Å². The van der Waals surface area contributed by atoms with E-state index in [1.54, 1.807) is 4.90 Å². The molecule has 1 aliphatic rings. The fraction of sp³-hybridized carbons (Fsp3) is 0.467. The number of amides is 2. The summed E-state index contributed by atoms with van der Waals surface area (Å²) in [5.41, 5.74) is -0.176. The van der Waals surface area contributed by atoms with Gasteiger partial charge in [-0.3, -0.25) is 4.79 Å². The second-order valence-electron chi connectivity index (χ2n) is 5.38. The van der Waals surface area contributed by atoms with Gasteiger partial charge in [-0.25, -0.2) is 13.6 Å². The van der Waals surface area contributed by atoms with E-state index in [9.17, 15) is 18.4 Å². The zero-order valence-electron chi connectivity index (χ0n) is 13.2. The summed E-state index contributed by atoms with van der Waals surface area (Å²) in [6, 6.07) is 1.24. The molecule has 0 spiro atoms. The summed E-state index contributed by atoms with van der Waals surface area (Å²) in [5.74, 6) is -2.47. The second-order valence-corrected chi connectivity index (χ2v) is 5.38. The number of carboxylic acids is 1. The minimum absolute atomic E-state index is 0.0445. The number of morpholine rings is 1. The number of halogens is 2. The van der Waals surface area contributed by atoms with Crippen LogP contribution in [0.4, 0.5) is 25.0 Å². The van der Waals surface area contributed by atoms with Crippen LogP contribution in [0.5, 0.6) is 0 Å². The number of ether oxygens (including phenoxy) is 1. The monoisotopic (exact) mass is 343 g/mol. The normalized spacial score (nSPS) is 14.4. The highest BCUT2D eigenvalue weighted by molar-refractivity contribution is 5.89. The van der Waals surface area contributed by atoms with E-state index in [0.717, 1.165) is 17.0 Å². The van der Waals surface area contributed by atoms with Gasteiger partial charge < -0.3 is 25.0 Å². The molecule has 24 heavy (non-hydrogen) atoms. The molecule has 0 unspecified atom stereocenters. The molecular formula is C15H19F2N3O4. The summed E-state index contributed by atoms with van der Waals surface area (Å²) in [5, 5.41) is 10.8. The Morgan fingerprint density at radius 1 is 1.29 bits per heavy atom. The number of carbonyl (C=O) groups excluding carboxylic acids is 1. The molecule has 0 saturated carbocycles. The molecule has 0 atom stereocenters. The number of benzene rings is 1. The topological polar surface area (TPSA) is 82.1 Å². The molecule has 9 heteroatoms. The minimum Gasteiger partial charge on any atom is -0.481 e. The van der Waals surface area contributed by atoms with Crippen molar-refractivity contribution in [3.63, 3.8) is 0 Å². The van der Waals surface area contributed by atoms with Crippen LogP contribution in [-0.2, 0) is 9.53 Å². The summed E-state index contributed by atoms with van der Waals surface area (Å²) in [6.45, 7) is 1.75. The van der Waals surface area contributed by atoms with E-state index < -0.39 is 23.6 Å². The zero-order chi connectivity index (χ0) is 17.7. The molecule has 1 saturated heterocycles. The summed E-state index contributed by atoms with van der Waals surface area (Å²) >= 11 is 0. The maximum absolute atomic E-state index is 14.2. The lowest BCUT2D eigenvalue weighted by Crippen LogP contribution is -2.37. The van der Waals surface area contributed by atoms with Gasteiger partial charge in [0.25, 0.3) is 0 Å². The Morgan fingerprint density at radius 2 is 1.96 bits per heavy atom. The number of nitrogens with one attached hydrogen (secondary N) is 1. The van der Waals surface area contributed by atoms with Gasteiger partial charge in [0.15, 0.2) is 0 Å². The second kappa shape index (κ2) is 7.91. The van der Waals surface area contributed by atoms with Crippen LogP contribution in [0.1, 0.15) is 6.42 Å². The van der Waals surface area contributed by atoms with Crippen molar-refractivity contribution in [3.8, 4) is 0 Å². The van der Waals surface area contributed by atoms with Gasteiger partial charge in [-0.1, -0.05) is 0 Å². The predicted octanol–water partition coefficient (Wildman–Crippen LogP) is 1.74. The molecule has 0 bridgehead atoms. The standard InChI is InChI=1S/C15H19F2N3O4/c1-19(3-2-14(21)22)15(23)18-12-8-11(17)13(9-10(12)16)20-4-6-24-7-5-20/h8-9H,2-7H2,1H3,(H,18,23)(H,21,22). The number of hydrogen-bond donors (Lipinski definition) is 2. The quantitative estimate of drug-likeness (QED) is 0.851. The lowest BCUT2D eigenvalue weighted by atomic mass is 10.2. The molecule has 2 rings (SSSR count). The van der Waals surface area contributed by atoms with Crippen molar-refractivity contribution in [1.29, 1.82) is 0 Å². The maximum atomic E-state index is 14.2. The molecule has 1 fully saturated rings. The van der Waals surface area contributed by atoms with Crippen molar-refractivity contribution in [2.45, 2.75) is 6.42 Å². The van der Waals surface area contributed by atoms with Crippen molar-refractivity contribution in [3.05, 3.63) is 23.8 Å². The first-order valence-corrected chi connectivity index (χ1v) is 7.44. The van der Waals surface area contributed by atoms with Gasteiger partial charge in [0.1, 0.15) is 11.6 Å². The van der Waals surface area contributed by atoms with Crippen LogP contribution in [0.2, 0.25) is 0 Å². The first kappa shape index (κ1) is 17.9. The third-order valence-corrected chi connectivity index (χ3v) is 3.64. The van der Waals surface area contributed by atoms with E-state index in [1.807, 2.05) is 0 Å². The fourth-order valence-corrected chi connectivity index (χ4v) is 2.25. The molecule has 0 aromatic heterocycles. The molecule has 1 aromatic rings. The van der Waals surface area contributed by atoms with E-state index in [0.29, 0.717) is 26.3 Å². The highest BCUT2D eigenvalue weighted by atomic mass is 19.1. The van der Waals surface area contributed by atoms with Crippen molar-refractivity contribution < 1.29 is 28.2 Å². The van der Waals surface area contributed by atoms with Crippen LogP contribution in [0.15, 0.2) is 12.1 Å². The average molecular weight is 343 g/mol. The van der Waals surface area contributed by atoms with Gasteiger partial charge in [-0.15, -0.1) is 0 Å². The Bertz CT molecular complexity index is 621. The fourth-order valence-electron chi connectivity index (χ4n) is 2.25. The Morgan fingerprint density at radius 3 is 2.58 bits per heavy atom. The Balaban J connectivity index is 2.06. The van der Waals surface area contributed by atoms with Crippen LogP contribution in [0.25, 0.3) is 0 Å². The Kier molecular flexibility index (Phi) is 5.91. The van der Waals surface area contributed by atoms with Crippen molar-refractivity contribution >= 4 is 23.4 Å². The Hall–Kier alpha value is -2.42. The van der Waals surface area contributed by atoms with Crippen LogP contribution < -0.4 is 10.2 Å². The molecule has 2 N–H and O–H groups in total. The molecule has 132 valence electrons. The van der Waals surface area contributed by atoms with Gasteiger partial charge in [0.05, 0.1) is 31.0 Å². The summed E-state index contributed by atoms with van der Waals surface area (Å²) < 4.78 is 33.6. The lowest BCUT2D eigenvalue weighted by Gasteiger charge is -2.29. The summed E-state index contributed by atoms with van der Waals surface area (Å²) in [6.07, 6.45) is -0.239. The number of aliphatic carboxylic acids is 1. The predicted molar refractivity (Wildman–Crippen MR) is 83.3 cm³/mol. The van der Waals surface area contributed by atoms with E-state index in [-0.39, 0.29) is 24.3 Å². The molecule has 0 aliphatic carbocycles. The van der Waals surface area contributed by atoms with E-state index in [1.165, 1.54) is 7.05 Å². The van der Waals surface area contributed by atoms with Crippen molar-refractivity contribution in [2.24, 2.45) is 0 Å². The highest BCUT2D eigenvalue weighted by Crippen LogP contribution is 2.27. The first-order valence-electron chi connectivity index (χ1n) is 7.44. The SMILES string of the molecule is CN(CCC(=O)O)C(=O)Nc1cc(F)c(N2CCOCC2)cc1F. The third kappa shape index (κ3) is 4.54. The number of nitrogens with zero attached hydrogens (tertiary/aromatic N) is 2. The molecule has 7 nitrogen and oxygen atoms in total. The van der Waals surface area contributed by atoms with Crippen molar-refractivity contribution in [2.75, 3.05) is 50.1 Å². The summed E-state index contributed by atoms with van der Waals surface area (Å²) in [4.78, 5) is 25.1. The van der Waals surface area contributed by atoms with Crippen LogP contribution in [-0.4, -0.2) is 61.9 Å². The number of hydrogen-bond acceptors (Lipinski definition) is 4. The third-order valence-electron chi connectivity index (χ3n) is 3.64. The molecular weight excluding hydrogens is 324 g/mol. The number of carboxylic acid groups (broad SMARTS) is 1. The average Bonchev–Trinajstić information content (AvgIpc) is 2.56. The zero-order valence-corrected chi connectivity index (χ0v) is 13.2. The van der Waals surface area contributed by atoms with E-state index in [2.05, 4.69) is 5.32 Å². The molecule has 1 aliphatic heterocycles.